The summed E-state index contributed by atoms with van der Waals surface area (Å²) in [5.41, 5.74) is 8.39. The zero-order chi connectivity index (χ0) is 17.1. The number of carbonyl (C=O) groups is 1. The lowest BCUT2D eigenvalue weighted by Crippen LogP contribution is -2.27. The second-order valence-corrected chi connectivity index (χ2v) is 6.56. The van der Waals surface area contributed by atoms with E-state index in [1.54, 1.807) is 0 Å². The third-order valence-corrected chi connectivity index (χ3v) is 4.66. The fourth-order valence-corrected chi connectivity index (χ4v) is 2.96. The molecule has 3 rings (SSSR count). The topological polar surface area (TPSA) is 85.8 Å². The van der Waals surface area contributed by atoms with Crippen molar-refractivity contribution in [2.75, 3.05) is 11.9 Å². The molecular formula is C18H27Cl2N5O. The third-order valence-electron chi connectivity index (χ3n) is 4.66. The Balaban J connectivity index is 0.00000169. The van der Waals surface area contributed by atoms with Crippen molar-refractivity contribution in [1.82, 2.24) is 14.8 Å². The molecule has 1 aliphatic heterocycles. The van der Waals surface area contributed by atoms with Crippen LogP contribution in [0.5, 0.6) is 0 Å². The molecule has 0 radical (unpaired) electrons. The number of nitrogens with two attached hydrogens (primary N) is 1. The number of amides is 1. The van der Waals surface area contributed by atoms with E-state index in [1.807, 2.05) is 32.0 Å². The first kappa shape index (κ1) is 22.4. The van der Waals surface area contributed by atoms with Crippen molar-refractivity contribution < 1.29 is 4.79 Å². The molecule has 0 fully saturated rings. The fourth-order valence-electron chi connectivity index (χ4n) is 2.96. The van der Waals surface area contributed by atoms with Crippen molar-refractivity contribution in [3.05, 3.63) is 29.6 Å². The Morgan fingerprint density at radius 1 is 1.27 bits per heavy atom. The van der Waals surface area contributed by atoms with Crippen LogP contribution in [0.3, 0.4) is 0 Å². The Hall–Kier alpha value is -1.63. The molecule has 0 saturated heterocycles. The standard InChI is InChI=1S/C18H25N5O.2ClH/c1-12-7-8-14(10-15(12)20-18(24)13(2)11-19)17-22-21-16-6-4-3-5-9-23(16)17;;/h7-8,10,13H,3-6,9,11,19H2,1-2H3,(H,20,24);2*1H. The zero-order valence-electron chi connectivity index (χ0n) is 15.2. The zero-order valence-corrected chi connectivity index (χ0v) is 16.8. The van der Waals surface area contributed by atoms with Crippen LogP contribution in [0.25, 0.3) is 11.4 Å². The van der Waals surface area contributed by atoms with Crippen LogP contribution in [0.4, 0.5) is 5.69 Å². The molecule has 1 aliphatic rings. The molecule has 2 aromatic rings. The summed E-state index contributed by atoms with van der Waals surface area (Å²) in [5.74, 6) is 1.68. The number of anilines is 1. The highest BCUT2D eigenvalue weighted by molar-refractivity contribution is 5.93. The summed E-state index contributed by atoms with van der Waals surface area (Å²) in [6, 6.07) is 6.04. The van der Waals surface area contributed by atoms with Gasteiger partial charge in [0.25, 0.3) is 0 Å². The summed E-state index contributed by atoms with van der Waals surface area (Å²) in [4.78, 5) is 12.1. The predicted molar refractivity (Wildman–Crippen MR) is 109 cm³/mol. The lowest BCUT2D eigenvalue weighted by molar-refractivity contribution is -0.119. The van der Waals surface area contributed by atoms with Crippen molar-refractivity contribution in [1.29, 1.82) is 0 Å². The number of halogens is 2. The van der Waals surface area contributed by atoms with Crippen molar-refractivity contribution >= 4 is 36.4 Å². The van der Waals surface area contributed by atoms with Crippen molar-refractivity contribution in [3.63, 3.8) is 0 Å². The number of hydrogen-bond acceptors (Lipinski definition) is 4. The average Bonchev–Trinajstić information content (AvgIpc) is 2.84. The number of aryl methyl sites for hydroxylation is 2. The molecule has 1 unspecified atom stereocenters. The number of aromatic nitrogens is 3. The smallest absolute Gasteiger partial charge is 0.228 e. The molecule has 0 bridgehead atoms. The highest BCUT2D eigenvalue weighted by atomic mass is 35.5. The molecule has 1 aromatic heterocycles. The van der Waals surface area contributed by atoms with E-state index in [-0.39, 0.29) is 36.6 Å². The highest BCUT2D eigenvalue weighted by Crippen LogP contribution is 2.27. The third kappa shape index (κ3) is 4.75. The molecule has 0 spiro atoms. The summed E-state index contributed by atoms with van der Waals surface area (Å²) in [5, 5.41) is 11.7. The Kier molecular flexibility index (Phi) is 8.53. The first-order valence-corrected chi connectivity index (χ1v) is 8.64. The van der Waals surface area contributed by atoms with Gasteiger partial charge in [0.05, 0.1) is 0 Å². The molecule has 1 amide bonds. The SMILES string of the molecule is Cc1ccc(-c2nnc3n2CCCCC3)cc1NC(=O)C(C)CN.Cl.Cl. The van der Waals surface area contributed by atoms with E-state index in [9.17, 15) is 4.79 Å². The summed E-state index contributed by atoms with van der Waals surface area (Å²) in [6.07, 6.45) is 4.54. The second kappa shape index (κ2) is 9.90. The van der Waals surface area contributed by atoms with Gasteiger partial charge in [-0.1, -0.05) is 25.5 Å². The van der Waals surface area contributed by atoms with Crippen molar-refractivity contribution in [2.24, 2.45) is 11.7 Å². The maximum atomic E-state index is 12.1. The fraction of sp³-hybridized carbons (Fsp3) is 0.500. The van der Waals surface area contributed by atoms with E-state index in [4.69, 9.17) is 5.73 Å². The Morgan fingerprint density at radius 2 is 2.04 bits per heavy atom. The molecule has 0 aliphatic carbocycles. The maximum absolute atomic E-state index is 12.1. The van der Waals surface area contributed by atoms with Crippen LogP contribution >= 0.6 is 24.8 Å². The van der Waals surface area contributed by atoms with Crippen molar-refractivity contribution in [2.45, 2.75) is 46.1 Å². The number of nitrogens with zero attached hydrogens (tertiary/aromatic N) is 3. The normalized spacial score (nSPS) is 14.3. The highest BCUT2D eigenvalue weighted by Gasteiger charge is 2.18. The molecule has 2 heterocycles. The molecular weight excluding hydrogens is 373 g/mol. The van der Waals surface area contributed by atoms with Gasteiger partial charge in [0, 0.05) is 36.7 Å². The van der Waals surface area contributed by atoms with Crippen LogP contribution in [0.15, 0.2) is 18.2 Å². The largest absolute Gasteiger partial charge is 0.330 e. The Morgan fingerprint density at radius 3 is 2.77 bits per heavy atom. The monoisotopic (exact) mass is 399 g/mol. The van der Waals surface area contributed by atoms with Gasteiger partial charge in [0.2, 0.25) is 5.91 Å². The van der Waals surface area contributed by atoms with Gasteiger partial charge in [-0.25, -0.2) is 0 Å². The van der Waals surface area contributed by atoms with Crippen LogP contribution in [0.1, 0.15) is 37.6 Å². The predicted octanol–water partition coefficient (Wildman–Crippen LogP) is 3.36. The number of nitrogens with one attached hydrogen (secondary N) is 1. The number of hydrogen-bond donors (Lipinski definition) is 2. The molecule has 0 saturated carbocycles. The number of carbonyl (C=O) groups excluding carboxylic acids is 1. The lowest BCUT2D eigenvalue weighted by Gasteiger charge is -2.14. The number of fused-ring (bicyclic) bond motifs is 1. The van der Waals surface area contributed by atoms with Gasteiger partial charge in [-0.2, -0.15) is 0 Å². The summed E-state index contributed by atoms with van der Waals surface area (Å²) in [6.45, 7) is 5.10. The van der Waals surface area contributed by atoms with Gasteiger partial charge in [-0.3, -0.25) is 4.79 Å². The minimum absolute atomic E-state index is 0. The molecule has 1 aromatic carbocycles. The van der Waals surface area contributed by atoms with Crippen LogP contribution < -0.4 is 11.1 Å². The van der Waals surface area contributed by atoms with E-state index in [1.165, 1.54) is 12.8 Å². The van der Waals surface area contributed by atoms with Crippen molar-refractivity contribution in [3.8, 4) is 11.4 Å². The summed E-state index contributed by atoms with van der Waals surface area (Å²) >= 11 is 0. The van der Waals surface area contributed by atoms with E-state index in [2.05, 4.69) is 20.1 Å². The minimum Gasteiger partial charge on any atom is -0.330 e. The van der Waals surface area contributed by atoms with Gasteiger partial charge in [0.15, 0.2) is 5.82 Å². The van der Waals surface area contributed by atoms with E-state index in [0.717, 1.165) is 47.8 Å². The minimum atomic E-state index is -0.211. The summed E-state index contributed by atoms with van der Waals surface area (Å²) < 4.78 is 2.21. The van der Waals surface area contributed by atoms with E-state index in [0.29, 0.717) is 6.54 Å². The van der Waals surface area contributed by atoms with Gasteiger partial charge in [-0.05, 0) is 31.4 Å². The van der Waals surface area contributed by atoms with Crippen LogP contribution in [-0.2, 0) is 17.8 Å². The Bertz CT molecular complexity index is 747. The van der Waals surface area contributed by atoms with Gasteiger partial charge >= 0.3 is 0 Å². The van der Waals surface area contributed by atoms with E-state index < -0.39 is 0 Å². The number of rotatable bonds is 4. The molecule has 1 atom stereocenters. The lowest BCUT2D eigenvalue weighted by atomic mass is 10.1. The first-order chi connectivity index (χ1) is 11.6. The number of benzene rings is 1. The van der Waals surface area contributed by atoms with Crippen LogP contribution in [0, 0.1) is 12.8 Å². The van der Waals surface area contributed by atoms with E-state index >= 15 is 0 Å². The van der Waals surface area contributed by atoms with Crippen LogP contribution in [-0.4, -0.2) is 27.2 Å². The van der Waals surface area contributed by atoms with Gasteiger partial charge in [-0.15, -0.1) is 35.0 Å². The van der Waals surface area contributed by atoms with Gasteiger partial charge in [0.1, 0.15) is 5.82 Å². The quantitative estimate of drug-likeness (QED) is 0.824. The second-order valence-electron chi connectivity index (χ2n) is 6.56. The average molecular weight is 400 g/mol. The first-order valence-electron chi connectivity index (χ1n) is 8.64. The molecule has 3 N–H and O–H groups in total. The molecule has 26 heavy (non-hydrogen) atoms. The van der Waals surface area contributed by atoms with Gasteiger partial charge < -0.3 is 15.6 Å². The maximum Gasteiger partial charge on any atom is 0.228 e. The molecule has 144 valence electrons. The Labute approximate surface area is 166 Å². The molecule has 8 heteroatoms. The summed E-state index contributed by atoms with van der Waals surface area (Å²) in [7, 11) is 0. The van der Waals surface area contributed by atoms with Crippen LogP contribution in [0.2, 0.25) is 0 Å². The molecule has 6 nitrogen and oxygen atoms in total.